The zero-order valence-corrected chi connectivity index (χ0v) is 12.3. The number of carboxylic acids is 1. The van der Waals surface area contributed by atoms with Gasteiger partial charge in [0, 0.05) is 6.20 Å². The summed E-state index contributed by atoms with van der Waals surface area (Å²) in [6.45, 7) is 0. The summed E-state index contributed by atoms with van der Waals surface area (Å²) in [4.78, 5) is 23.2. The molecule has 1 aromatic carbocycles. The first-order valence-corrected chi connectivity index (χ1v) is 7.33. The van der Waals surface area contributed by atoms with Crippen LogP contribution in [-0.2, 0) is 4.79 Å². The van der Waals surface area contributed by atoms with E-state index < -0.39 is 17.4 Å². The number of hydrogen-bond acceptors (Lipinski definition) is 3. The monoisotopic (exact) mass is 317 g/mol. The molecule has 6 nitrogen and oxygen atoms in total. The quantitative estimate of drug-likeness (QED) is 0.885. The number of nitrogens with zero attached hydrogens (tertiary/aromatic N) is 2. The van der Waals surface area contributed by atoms with E-state index >= 15 is 0 Å². The minimum atomic E-state index is -0.929. The van der Waals surface area contributed by atoms with E-state index in [1.54, 1.807) is 24.4 Å². The van der Waals surface area contributed by atoms with Crippen LogP contribution < -0.4 is 5.32 Å². The predicted octanol–water partition coefficient (Wildman–Crippen LogP) is 2.14. The molecule has 3 rings (SSSR count). The smallest absolute Gasteiger partial charge is 0.305 e. The molecule has 1 saturated carbocycles. The number of carbonyl (C=O) groups excluding carboxylic acids is 1. The summed E-state index contributed by atoms with van der Waals surface area (Å²) in [6, 6.07) is 7.29. The van der Waals surface area contributed by atoms with Gasteiger partial charge in [-0.15, -0.1) is 0 Å². The van der Waals surface area contributed by atoms with Crippen molar-refractivity contribution in [1.82, 2.24) is 15.1 Å². The normalized spacial score (nSPS) is 15.7. The number of nitrogens with one attached hydrogen (secondary N) is 1. The second-order valence-corrected chi connectivity index (χ2v) is 5.78. The molecule has 2 aromatic rings. The molecular weight excluding hydrogens is 301 g/mol. The van der Waals surface area contributed by atoms with Gasteiger partial charge in [0.2, 0.25) is 0 Å². The van der Waals surface area contributed by atoms with Crippen LogP contribution in [0.15, 0.2) is 36.5 Å². The van der Waals surface area contributed by atoms with Crippen molar-refractivity contribution in [2.45, 2.75) is 31.2 Å². The summed E-state index contributed by atoms with van der Waals surface area (Å²) in [6.07, 6.45) is 3.73. The highest BCUT2D eigenvalue weighted by atomic mass is 19.1. The van der Waals surface area contributed by atoms with Crippen molar-refractivity contribution in [2.75, 3.05) is 0 Å². The van der Waals surface area contributed by atoms with Gasteiger partial charge in [-0.05, 0) is 49.6 Å². The minimum Gasteiger partial charge on any atom is -0.481 e. The van der Waals surface area contributed by atoms with E-state index in [1.807, 2.05) is 0 Å². The van der Waals surface area contributed by atoms with Gasteiger partial charge >= 0.3 is 5.97 Å². The van der Waals surface area contributed by atoms with Crippen LogP contribution in [0, 0.1) is 5.82 Å². The first kappa shape index (κ1) is 15.2. The number of amides is 1. The Morgan fingerprint density at radius 2 is 1.96 bits per heavy atom. The van der Waals surface area contributed by atoms with Crippen LogP contribution in [-0.4, -0.2) is 32.3 Å². The number of aromatic nitrogens is 2. The molecule has 1 fully saturated rings. The Labute approximate surface area is 131 Å². The van der Waals surface area contributed by atoms with Crippen molar-refractivity contribution in [2.24, 2.45) is 0 Å². The number of benzene rings is 1. The van der Waals surface area contributed by atoms with Gasteiger partial charge in [0.1, 0.15) is 5.82 Å². The van der Waals surface area contributed by atoms with E-state index in [9.17, 15) is 14.0 Å². The highest BCUT2D eigenvalue weighted by Gasteiger charge is 2.40. The van der Waals surface area contributed by atoms with E-state index in [0.29, 0.717) is 18.5 Å². The molecule has 0 bridgehead atoms. The molecule has 2 N–H and O–H groups in total. The molecule has 1 aromatic heterocycles. The third-order valence-electron chi connectivity index (χ3n) is 4.09. The maximum atomic E-state index is 12.9. The Hall–Kier alpha value is -2.70. The molecule has 0 saturated heterocycles. The van der Waals surface area contributed by atoms with Crippen molar-refractivity contribution in [1.29, 1.82) is 0 Å². The topological polar surface area (TPSA) is 84.2 Å². The molecule has 1 aliphatic rings. The second-order valence-electron chi connectivity index (χ2n) is 5.78. The molecule has 7 heteroatoms. The van der Waals surface area contributed by atoms with Crippen LogP contribution in [0.4, 0.5) is 4.39 Å². The van der Waals surface area contributed by atoms with Gasteiger partial charge in [0.15, 0.2) is 5.69 Å². The van der Waals surface area contributed by atoms with Crippen molar-refractivity contribution in [3.8, 4) is 5.69 Å². The lowest BCUT2D eigenvalue weighted by Crippen LogP contribution is -2.54. The SMILES string of the molecule is O=C(O)CC1(NC(=O)c2ccn(-c3ccc(F)cc3)n2)CCC1. The predicted molar refractivity (Wildman–Crippen MR) is 79.8 cm³/mol. The van der Waals surface area contributed by atoms with Crippen LogP contribution >= 0.6 is 0 Å². The van der Waals surface area contributed by atoms with E-state index in [-0.39, 0.29) is 17.9 Å². The van der Waals surface area contributed by atoms with Crippen molar-refractivity contribution in [3.63, 3.8) is 0 Å². The fraction of sp³-hybridized carbons (Fsp3) is 0.312. The van der Waals surface area contributed by atoms with E-state index in [2.05, 4.69) is 10.4 Å². The summed E-state index contributed by atoms with van der Waals surface area (Å²) < 4.78 is 14.4. The fourth-order valence-corrected chi connectivity index (χ4v) is 2.73. The highest BCUT2D eigenvalue weighted by molar-refractivity contribution is 5.93. The van der Waals surface area contributed by atoms with Gasteiger partial charge in [-0.2, -0.15) is 5.10 Å². The Morgan fingerprint density at radius 1 is 1.26 bits per heavy atom. The van der Waals surface area contributed by atoms with E-state index in [4.69, 9.17) is 5.11 Å². The van der Waals surface area contributed by atoms with Gasteiger partial charge in [-0.3, -0.25) is 9.59 Å². The summed E-state index contributed by atoms with van der Waals surface area (Å²) >= 11 is 0. The van der Waals surface area contributed by atoms with Gasteiger partial charge in [0.05, 0.1) is 17.6 Å². The standard InChI is InChI=1S/C16H16FN3O3/c17-11-2-4-12(5-3-11)20-9-6-13(19-20)15(23)18-16(7-1-8-16)10-14(21)22/h2-6,9H,1,7-8,10H2,(H,18,23)(H,21,22). The molecule has 0 atom stereocenters. The van der Waals surface area contributed by atoms with Crippen LogP contribution in [0.25, 0.3) is 5.69 Å². The number of halogens is 1. The molecule has 1 heterocycles. The lowest BCUT2D eigenvalue weighted by atomic mass is 9.74. The number of carbonyl (C=O) groups is 2. The van der Waals surface area contributed by atoms with Crippen LogP contribution in [0.3, 0.4) is 0 Å². The third-order valence-corrected chi connectivity index (χ3v) is 4.09. The van der Waals surface area contributed by atoms with Crippen molar-refractivity contribution in [3.05, 3.63) is 48.0 Å². The maximum Gasteiger partial charge on any atom is 0.305 e. The zero-order chi connectivity index (χ0) is 16.4. The number of aliphatic carboxylic acids is 1. The first-order valence-electron chi connectivity index (χ1n) is 7.33. The van der Waals surface area contributed by atoms with Crippen LogP contribution in [0.5, 0.6) is 0 Å². The second kappa shape index (κ2) is 5.83. The molecule has 120 valence electrons. The van der Waals surface area contributed by atoms with Gasteiger partial charge < -0.3 is 10.4 Å². The minimum absolute atomic E-state index is 0.0859. The van der Waals surface area contributed by atoms with Crippen molar-refractivity contribution < 1.29 is 19.1 Å². The Bertz CT molecular complexity index is 735. The molecule has 1 aliphatic carbocycles. The van der Waals surface area contributed by atoms with Gasteiger partial charge in [-0.1, -0.05) is 0 Å². The summed E-state index contributed by atoms with van der Waals surface area (Å²) in [7, 11) is 0. The van der Waals surface area contributed by atoms with Gasteiger partial charge in [0.25, 0.3) is 5.91 Å². The molecular formula is C16H16FN3O3. The molecule has 0 spiro atoms. The summed E-state index contributed by atoms with van der Waals surface area (Å²) in [5, 5.41) is 15.9. The van der Waals surface area contributed by atoms with E-state index in [0.717, 1.165) is 6.42 Å². The van der Waals surface area contributed by atoms with Crippen molar-refractivity contribution >= 4 is 11.9 Å². The number of hydrogen-bond donors (Lipinski definition) is 2. The van der Waals surface area contributed by atoms with Crippen LogP contribution in [0.2, 0.25) is 0 Å². The molecule has 0 radical (unpaired) electrons. The highest BCUT2D eigenvalue weighted by Crippen LogP contribution is 2.35. The first-order chi connectivity index (χ1) is 11.0. The van der Waals surface area contributed by atoms with Crippen LogP contribution in [0.1, 0.15) is 36.2 Å². The average Bonchev–Trinajstić information content (AvgIpc) is 2.95. The molecule has 1 amide bonds. The Morgan fingerprint density at radius 3 is 2.52 bits per heavy atom. The average molecular weight is 317 g/mol. The maximum absolute atomic E-state index is 12.9. The lowest BCUT2D eigenvalue weighted by molar-refractivity contribution is -0.139. The third kappa shape index (κ3) is 3.23. The molecule has 0 unspecified atom stereocenters. The Balaban J connectivity index is 1.73. The summed E-state index contributed by atoms with van der Waals surface area (Å²) in [5.74, 6) is -1.67. The molecule has 23 heavy (non-hydrogen) atoms. The molecule has 0 aliphatic heterocycles. The number of carboxylic acid groups (broad SMARTS) is 1. The number of rotatable bonds is 5. The fourth-order valence-electron chi connectivity index (χ4n) is 2.73. The lowest BCUT2D eigenvalue weighted by Gasteiger charge is -2.41. The largest absolute Gasteiger partial charge is 0.481 e. The van der Waals surface area contributed by atoms with Gasteiger partial charge in [-0.25, -0.2) is 9.07 Å². The zero-order valence-electron chi connectivity index (χ0n) is 12.3. The van der Waals surface area contributed by atoms with E-state index in [1.165, 1.54) is 16.8 Å². The summed E-state index contributed by atoms with van der Waals surface area (Å²) in [5.41, 5.74) is 0.170. The Kier molecular flexibility index (Phi) is 3.85.